The van der Waals surface area contributed by atoms with Crippen LogP contribution in [0.25, 0.3) is 0 Å². The van der Waals surface area contributed by atoms with Gasteiger partial charge in [0, 0.05) is 25.8 Å². The Hall–Kier alpha value is -1.13. The Morgan fingerprint density at radius 2 is 2.00 bits per heavy atom. The van der Waals surface area contributed by atoms with E-state index in [9.17, 15) is 4.39 Å². The highest BCUT2D eigenvalue weighted by molar-refractivity contribution is 5.34. The van der Waals surface area contributed by atoms with E-state index in [1.807, 2.05) is 13.0 Å². The van der Waals surface area contributed by atoms with E-state index in [1.54, 1.807) is 13.2 Å². The van der Waals surface area contributed by atoms with Crippen molar-refractivity contribution in [3.05, 3.63) is 29.6 Å². The molecule has 0 bridgehead atoms. The number of ether oxygens (including phenoxy) is 2. The highest BCUT2D eigenvalue weighted by Gasteiger charge is 2.09. The Morgan fingerprint density at radius 3 is 2.72 bits per heavy atom. The molecule has 1 aromatic carbocycles. The number of methoxy groups -OCH3 is 1. The Kier molecular flexibility index (Phi) is 7.37. The summed E-state index contributed by atoms with van der Waals surface area (Å²) in [4.78, 5) is 0. The first-order valence-electron chi connectivity index (χ1n) is 6.39. The minimum absolute atomic E-state index is 0.294. The number of rotatable bonds is 9. The third-order valence-electron chi connectivity index (χ3n) is 2.60. The predicted octanol–water partition coefficient (Wildman–Crippen LogP) is 2.74. The van der Waals surface area contributed by atoms with Gasteiger partial charge in [0.1, 0.15) is 0 Å². The molecule has 0 aliphatic carbocycles. The van der Waals surface area contributed by atoms with E-state index in [-0.39, 0.29) is 5.82 Å². The van der Waals surface area contributed by atoms with E-state index >= 15 is 0 Å². The zero-order valence-electron chi connectivity index (χ0n) is 11.2. The van der Waals surface area contributed by atoms with Gasteiger partial charge in [-0.1, -0.05) is 19.1 Å². The lowest BCUT2D eigenvalue weighted by atomic mass is 10.2. The van der Waals surface area contributed by atoms with Gasteiger partial charge in [-0.2, -0.15) is 0 Å². The number of halogens is 1. The molecule has 0 saturated heterocycles. The molecule has 0 atom stereocenters. The lowest BCUT2D eigenvalue weighted by molar-refractivity contribution is 0.183. The van der Waals surface area contributed by atoms with E-state index in [4.69, 9.17) is 9.47 Å². The van der Waals surface area contributed by atoms with Gasteiger partial charge in [-0.05, 0) is 25.5 Å². The summed E-state index contributed by atoms with van der Waals surface area (Å²) >= 11 is 0. The average Bonchev–Trinajstić information content (AvgIpc) is 2.38. The topological polar surface area (TPSA) is 30.5 Å². The molecule has 0 heterocycles. The van der Waals surface area contributed by atoms with E-state index in [2.05, 4.69) is 5.32 Å². The first-order chi connectivity index (χ1) is 8.79. The molecular weight excluding hydrogens is 233 g/mol. The van der Waals surface area contributed by atoms with Gasteiger partial charge in [0.15, 0.2) is 11.6 Å². The van der Waals surface area contributed by atoms with Gasteiger partial charge in [0.2, 0.25) is 0 Å². The normalized spacial score (nSPS) is 10.6. The van der Waals surface area contributed by atoms with Crippen molar-refractivity contribution in [2.75, 3.05) is 26.9 Å². The maximum atomic E-state index is 13.7. The average molecular weight is 255 g/mol. The van der Waals surface area contributed by atoms with Gasteiger partial charge >= 0.3 is 0 Å². The van der Waals surface area contributed by atoms with Crippen molar-refractivity contribution >= 4 is 0 Å². The zero-order chi connectivity index (χ0) is 13.2. The lowest BCUT2D eigenvalue weighted by Gasteiger charge is -2.12. The van der Waals surface area contributed by atoms with E-state index in [0.29, 0.717) is 25.5 Å². The molecule has 102 valence electrons. The minimum atomic E-state index is -0.294. The summed E-state index contributed by atoms with van der Waals surface area (Å²) in [6.07, 6.45) is 1.79. The highest BCUT2D eigenvalue weighted by Crippen LogP contribution is 2.22. The Balaban J connectivity index is 2.50. The van der Waals surface area contributed by atoms with Gasteiger partial charge < -0.3 is 14.8 Å². The van der Waals surface area contributed by atoms with Gasteiger partial charge in [0.05, 0.1) is 6.61 Å². The number of hydrogen-bond acceptors (Lipinski definition) is 3. The molecule has 0 aromatic heterocycles. The number of para-hydroxylation sites is 1. The first kappa shape index (κ1) is 14.9. The van der Waals surface area contributed by atoms with Crippen LogP contribution in [0.2, 0.25) is 0 Å². The molecular formula is C14H22FNO2. The van der Waals surface area contributed by atoms with Crippen LogP contribution in [0.5, 0.6) is 5.75 Å². The molecule has 0 spiro atoms. The van der Waals surface area contributed by atoms with Crippen LogP contribution >= 0.6 is 0 Å². The van der Waals surface area contributed by atoms with Crippen LogP contribution in [0.3, 0.4) is 0 Å². The van der Waals surface area contributed by atoms with Crippen LogP contribution in [0.15, 0.2) is 18.2 Å². The van der Waals surface area contributed by atoms with Crippen LogP contribution < -0.4 is 10.1 Å². The van der Waals surface area contributed by atoms with Crippen molar-refractivity contribution in [2.24, 2.45) is 0 Å². The van der Waals surface area contributed by atoms with Crippen molar-refractivity contribution in [1.82, 2.24) is 5.32 Å². The number of unbranched alkanes of at least 4 members (excludes halogenated alkanes) is 1. The van der Waals surface area contributed by atoms with Crippen LogP contribution in [-0.2, 0) is 11.3 Å². The second kappa shape index (κ2) is 8.89. The Labute approximate surface area is 108 Å². The fraction of sp³-hybridized carbons (Fsp3) is 0.571. The third kappa shape index (κ3) is 5.02. The van der Waals surface area contributed by atoms with Crippen molar-refractivity contribution < 1.29 is 13.9 Å². The second-order valence-corrected chi connectivity index (χ2v) is 4.06. The fourth-order valence-corrected chi connectivity index (χ4v) is 1.64. The highest BCUT2D eigenvalue weighted by atomic mass is 19.1. The summed E-state index contributed by atoms with van der Waals surface area (Å²) in [6, 6.07) is 5.02. The Morgan fingerprint density at radius 1 is 1.22 bits per heavy atom. The van der Waals surface area contributed by atoms with Crippen molar-refractivity contribution in [3.63, 3.8) is 0 Å². The summed E-state index contributed by atoms with van der Waals surface area (Å²) in [7, 11) is 1.67. The zero-order valence-corrected chi connectivity index (χ0v) is 11.2. The molecule has 3 nitrogen and oxygen atoms in total. The summed E-state index contributed by atoms with van der Waals surface area (Å²) in [5.74, 6) is 0.0769. The summed E-state index contributed by atoms with van der Waals surface area (Å²) in [5, 5.41) is 3.18. The van der Waals surface area contributed by atoms with E-state index in [0.717, 1.165) is 24.9 Å². The molecule has 4 heteroatoms. The van der Waals surface area contributed by atoms with Crippen LogP contribution in [-0.4, -0.2) is 26.9 Å². The largest absolute Gasteiger partial charge is 0.490 e. The SMILES string of the molecule is CCNCc1cccc(F)c1OCCCCOC. The van der Waals surface area contributed by atoms with Gasteiger partial charge in [0.25, 0.3) is 0 Å². The maximum Gasteiger partial charge on any atom is 0.165 e. The second-order valence-electron chi connectivity index (χ2n) is 4.06. The standard InChI is InChI=1S/C14H22FNO2/c1-3-16-11-12-7-6-8-13(15)14(12)18-10-5-4-9-17-2/h6-8,16H,3-5,9-11H2,1-2H3. The lowest BCUT2D eigenvalue weighted by Crippen LogP contribution is -2.13. The minimum Gasteiger partial charge on any atom is -0.490 e. The van der Waals surface area contributed by atoms with Crippen molar-refractivity contribution in [3.8, 4) is 5.75 Å². The molecule has 0 fully saturated rings. The number of benzene rings is 1. The molecule has 0 aliphatic heterocycles. The van der Waals surface area contributed by atoms with Crippen molar-refractivity contribution in [2.45, 2.75) is 26.3 Å². The quantitative estimate of drug-likeness (QED) is 0.688. The smallest absolute Gasteiger partial charge is 0.165 e. The summed E-state index contributed by atoms with van der Waals surface area (Å²) < 4.78 is 24.2. The molecule has 0 unspecified atom stereocenters. The van der Waals surface area contributed by atoms with E-state index < -0.39 is 0 Å². The van der Waals surface area contributed by atoms with Crippen LogP contribution in [0.4, 0.5) is 4.39 Å². The molecule has 0 radical (unpaired) electrons. The molecule has 1 N–H and O–H groups in total. The molecule has 0 aliphatic rings. The molecule has 0 saturated carbocycles. The molecule has 0 amide bonds. The maximum absolute atomic E-state index is 13.7. The first-order valence-corrected chi connectivity index (χ1v) is 6.39. The van der Waals surface area contributed by atoms with Gasteiger partial charge in [-0.3, -0.25) is 0 Å². The predicted molar refractivity (Wildman–Crippen MR) is 70.4 cm³/mol. The van der Waals surface area contributed by atoms with Gasteiger partial charge in [-0.15, -0.1) is 0 Å². The van der Waals surface area contributed by atoms with E-state index in [1.165, 1.54) is 6.07 Å². The molecule has 1 aromatic rings. The number of nitrogens with one attached hydrogen (secondary N) is 1. The molecule has 1 rings (SSSR count). The summed E-state index contributed by atoms with van der Waals surface area (Å²) in [5.41, 5.74) is 0.864. The molecule has 18 heavy (non-hydrogen) atoms. The van der Waals surface area contributed by atoms with Crippen molar-refractivity contribution in [1.29, 1.82) is 0 Å². The monoisotopic (exact) mass is 255 g/mol. The van der Waals surface area contributed by atoms with Crippen LogP contribution in [0, 0.1) is 5.82 Å². The third-order valence-corrected chi connectivity index (χ3v) is 2.60. The Bertz CT molecular complexity index is 345. The summed E-state index contributed by atoms with van der Waals surface area (Å²) in [6.45, 7) is 4.73. The fourth-order valence-electron chi connectivity index (χ4n) is 1.64. The van der Waals surface area contributed by atoms with Crippen LogP contribution in [0.1, 0.15) is 25.3 Å². The number of hydrogen-bond donors (Lipinski definition) is 1. The van der Waals surface area contributed by atoms with Gasteiger partial charge in [-0.25, -0.2) is 4.39 Å².